The highest BCUT2D eigenvalue weighted by molar-refractivity contribution is 5.22. The normalized spacial score (nSPS) is 12.8. The van der Waals surface area contributed by atoms with Crippen LogP contribution >= 0.6 is 0 Å². The van der Waals surface area contributed by atoms with Gasteiger partial charge in [-0.15, -0.1) is 0 Å². The van der Waals surface area contributed by atoms with Crippen molar-refractivity contribution in [3.8, 4) is 5.75 Å². The van der Waals surface area contributed by atoms with E-state index in [1.165, 1.54) is 12.3 Å². The number of aromatic hydroxyl groups is 1. The summed E-state index contributed by atoms with van der Waals surface area (Å²) in [6, 6.07) is 1.19. The van der Waals surface area contributed by atoms with Gasteiger partial charge in [-0.05, 0) is 12.5 Å². The Bertz CT molecular complexity index is 332. The second-order valence-electron chi connectivity index (χ2n) is 3.10. The first-order chi connectivity index (χ1) is 6.15. The topological polar surface area (TPSA) is 76.5 Å². The minimum atomic E-state index is -0.412. The van der Waals surface area contributed by atoms with E-state index in [0.29, 0.717) is 18.7 Å². The van der Waals surface area contributed by atoms with Crippen molar-refractivity contribution in [2.75, 3.05) is 6.54 Å². The van der Waals surface area contributed by atoms with Crippen LogP contribution in [0.1, 0.15) is 12.7 Å². The van der Waals surface area contributed by atoms with Crippen molar-refractivity contribution in [3.05, 3.63) is 28.3 Å². The second-order valence-corrected chi connectivity index (χ2v) is 3.10. The summed E-state index contributed by atoms with van der Waals surface area (Å²) in [5.74, 6) is 0.199. The van der Waals surface area contributed by atoms with Gasteiger partial charge in [0.15, 0.2) is 0 Å². The molecule has 0 saturated carbocycles. The van der Waals surface area contributed by atoms with Gasteiger partial charge in [-0.2, -0.15) is 0 Å². The molecule has 72 valence electrons. The number of hydrogen-bond donors (Lipinski definition) is 2. The van der Waals surface area contributed by atoms with Gasteiger partial charge in [-0.1, -0.05) is 6.92 Å². The number of rotatable bonds is 3. The molecule has 0 aliphatic carbocycles. The van der Waals surface area contributed by atoms with Gasteiger partial charge in [0.05, 0.1) is 6.26 Å². The van der Waals surface area contributed by atoms with Crippen LogP contribution in [-0.2, 0) is 6.42 Å². The molecule has 1 atom stereocenters. The fourth-order valence-electron chi connectivity index (χ4n) is 0.995. The van der Waals surface area contributed by atoms with Crippen LogP contribution in [0.3, 0.4) is 0 Å². The maximum atomic E-state index is 11.0. The van der Waals surface area contributed by atoms with Crippen molar-refractivity contribution in [1.82, 2.24) is 0 Å². The Balaban J connectivity index is 2.89. The van der Waals surface area contributed by atoms with E-state index in [0.717, 1.165) is 0 Å². The third-order valence-electron chi connectivity index (χ3n) is 1.86. The maximum absolute atomic E-state index is 11.0. The highest BCUT2D eigenvalue weighted by Crippen LogP contribution is 2.14. The average Bonchev–Trinajstić information content (AvgIpc) is 2.13. The van der Waals surface area contributed by atoms with E-state index in [-0.39, 0.29) is 11.7 Å². The molecule has 1 aromatic heterocycles. The van der Waals surface area contributed by atoms with Gasteiger partial charge in [0.25, 0.3) is 0 Å². The van der Waals surface area contributed by atoms with Gasteiger partial charge in [0, 0.05) is 12.5 Å². The zero-order chi connectivity index (χ0) is 9.84. The van der Waals surface area contributed by atoms with Crippen LogP contribution in [0.15, 0.2) is 21.5 Å². The summed E-state index contributed by atoms with van der Waals surface area (Å²) in [5, 5.41) is 9.29. The molecule has 0 aliphatic rings. The van der Waals surface area contributed by atoms with Gasteiger partial charge in [0.1, 0.15) is 5.76 Å². The van der Waals surface area contributed by atoms with Crippen molar-refractivity contribution in [2.24, 2.45) is 11.7 Å². The first-order valence-electron chi connectivity index (χ1n) is 4.15. The first-order valence-corrected chi connectivity index (χ1v) is 4.15. The minimum absolute atomic E-state index is 0.191. The van der Waals surface area contributed by atoms with E-state index in [1.54, 1.807) is 0 Å². The van der Waals surface area contributed by atoms with E-state index in [9.17, 15) is 9.90 Å². The fraction of sp³-hybridized carbons (Fsp3) is 0.444. The lowest BCUT2D eigenvalue weighted by atomic mass is 10.1. The molecule has 1 rings (SSSR count). The lowest BCUT2D eigenvalue weighted by Gasteiger charge is -2.07. The summed E-state index contributed by atoms with van der Waals surface area (Å²) < 4.78 is 5.01. The zero-order valence-electron chi connectivity index (χ0n) is 7.49. The molecule has 1 heterocycles. The van der Waals surface area contributed by atoms with E-state index in [2.05, 4.69) is 0 Å². The molecule has 1 aromatic rings. The van der Waals surface area contributed by atoms with Gasteiger partial charge < -0.3 is 15.3 Å². The summed E-state index contributed by atoms with van der Waals surface area (Å²) in [5.41, 5.74) is 4.99. The predicted molar refractivity (Wildman–Crippen MR) is 48.6 cm³/mol. The lowest BCUT2D eigenvalue weighted by molar-refractivity contribution is 0.381. The van der Waals surface area contributed by atoms with E-state index < -0.39 is 5.43 Å². The SMILES string of the molecule is CC(CN)Cc1occc(=O)c1O. The minimum Gasteiger partial charge on any atom is -0.502 e. The van der Waals surface area contributed by atoms with Crippen molar-refractivity contribution >= 4 is 0 Å². The first kappa shape index (κ1) is 9.80. The summed E-state index contributed by atoms with van der Waals surface area (Å²) in [6.45, 7) is 2.42. The fourth-order valence-corrected chi connectivity index (χ4v) is 0.995. The number of hydrogen-bond acceptors (Lipinski definition) is 4. The molecule has 0 saturated heterocycles. The second kappa shape index (κ2) is 4.09. The monoisotopic (exact) mass is 183 g/mol. The maximum Gasteiger partial charge on any atom is 0.226 e. The molecule has 0 amide bonds. The molecule has 3 N–H and O–H groups in total. The van der Waals surface area contributed by atoms with E-state index >= 15 is 0 Å². The van der Waals surface area contributed by atoms with Crippen molar-refractivity contribution in [1.29, 1.82) is 0 Å². The largest absolute Gasteiger partial charge is 0.502 e. The smallest absolute Gasteiger partial charge is 0.226 e. The van der Waals surface area contributed by atoms with E-state index in [1.807, 2.05) is 6.92 Å². The van der Waals surface area contributed by atoms with Crippen LogP contribution in [0.5, 0.6) is 5.75 Å². The van der Waals surface area contributed by atoms with Crippen LogP contribution in [0.25, 0.3) is 0 Å². The third-order valence-corrected chi connectivity index (χ3v) is 1.86. The Morgan fingerprint density at radius 3 is 3.00 bits per heavy atom. The highest BCUT2D eigenvalue weighted by atomic mass is 16.4. The quantitative estimate of drug-likeness (QED) is 0.714. The van der Waals surface area contributed by atoms with Crippen molar-refractivity contribution in [3.63, 3.8) is 0 Å². The van der Waals surface area contributed by atoms with Crippen LogP contribution in [0.2, 0.25) is 0 Å². The molecule has 13 heavy (non-hydrogen) atoms. The van der Waals surface area contributed by atoms with Gasteiger partial charge in [-0.3, -0.25) is 4.79 Å². The molecule has 0 spiro atoms. The molecule has 0 radical (unpaired) electrons. The molecular formula is C9H13NO3. The molecule has 0 aromatic carbocycles. The average molecular weight is 183 g/mol. The van der Waals surface area contributed by atoms with Crippen LogP contribution < -0.4 is 11.2 Å². The molecule has 0 aliphatic heterocycles. The van der Waals surface area contributed by atoms with Gasteiger partial charge >= 0.3 is 0 Å². The molecule has 1 unspecified atom stereocenters. The van der Waals surface area contributed by atoms with Crippen LogP contribution in [-0.4, -0.2) is 11.7 Å². The predicted octanol–water partition coefficient (Wildman–Crippen LogP) is 0.483. The van der Waals surface area contributed by atoms with Crippen molar-refractivity contribution < 1.29 is 9.52 Å². The van der Waals surface area contributed by atoms with Crippen LogP contribution in [0.4, 0.5) is 0 Å². The summed E-state index contributed by atoms with van der Waals surface area (Å²) in [4.78, 5) is 11.0. The highest BCUT2D eigenvalue weighted by Gasteiger charge is 2.10. The summed E-state index contributed by atoms with van der Waals surface area (Å²) >= 11 is 0. The zero-order valence-corrected chi connectivity index (χ0v) is 7.49. The molecule has 4 heteroatoms. The summed E-state index contributed by atoms with van der Waals surface area (Å²) in [6.07, 6.45) is 1.76. The molecule has 0 fully saturated rings. The van der Waals surface area contributed by atoms with Gasteiger partial charge in [0.2, 0.25) is 11.2 Å². The standard InChI is InChI=1S/C9H13NO3/c1-6(5-10)4-8-9(12)7(11)2-3-13-8/h2-3,6,12H,4-5,10H2,1H3. The Morgan fingerprint density at radius 2 is 2.38 bits per heavy atom. The number of nitrogens with two attached hydrogens (primary N) is 1. The Labute approximate surface area is 76.0 Å². The Kier molecular flexibility index (Phi) is 3.08. The van der Waals surface area contributed by atoms with Gasteiger partial charge in [-0.25, -0.2) is 0 Å². The van der Waals surface area contributed by atoms with Crippen LogP contribution in [0, 0.1) is 5.92 Å². The van der Waals surface area contributed by atoms with Crippen molar-refractivity contribution in [2.45, 2.75) is 13.3 Å². The molecule has 4 nitrogen and oxygen atoms in total. The third kappa shape index (κ3) is 2.32. The summed E-state index contributed by atoms with van der Waals surface area (Å²) in [7, 11) is 0. The Hall–Kier alpha value is -1.29. The molecule has 0 bridgehead atoms. The molecular weight excluding hydrogens is 170 g/mol. The lowest BCUT2D eigenvalue weighted by Crippen LogP contribution is -2.14. The van der Waals surface area contributed by atoms with E-state index in [4.69, 9.17) is 10.2 Å². The Morgan fingerprint density at radius 1 is 1.69 bits per heavy atom.